The maximum atomic E-state index is 13.7. The third kappa shape index (κ3) is 6.17. The van der Waals surface area contributed by atoms with Crippen molar-refractivity contribution in [3.05, 3.63) is 36.2 Å². The second-order valence-corrected chi connectivity index (χ2v) is 13.3. The molecule has 0 bridgehead atoms. The summed E-state index contributed by atoms with van der Waals surface area (Å²) in [5.41, 5.74) is 3.46. The van der Waals surface area contributed by atoms with Crippen molar-refractivity contribution in [3.8, 4) is 17.1 Å². The molecule has 3 aliphatic rings. The molecule has 12 nitrogen and oxygen atoms in total. The summed E-state index contributed by atoms with van der Waals surface area (Å²) in [6, 6.07) is 6.77. The van der Waals surface area contributed by atoms with Crippen molar-refractivity contribution in [2.24, 2.45) is 5.41 Å². The number of alkyl halides is 2. The second kappa shape index (κ2) is 11.0. The summed E-state index contributed by atoms with van der Waals surface area (Å²) in [4.78, 5) is 12.8. The van der Waals surface area contributed by atoms with Gasteiger partial charge in [-0.2, -0.15) is 0 Å². The highest BCUT2D eigenvalue weighted by atomic mass is 32.2. The van der Waals surface area contributed by atoms with Gasteiger partial charge in [-0.3, -0.25) is 4.72 Å². The molecule has 2 aromatic heterocycles. The number of sulfonamides is 1. The number of nitrogens with one attached hydrogen (secondary N) is 1. The summed E-state index contributed by atoms with van der Waals surface area (Å²) >= 11 is 0. The molecule has 15 heteroatoms. The summed E-state index contributed by atoms with van der Waals surface area (Å²) in [5.74, 6) is -2.86. The molecule has 2 saturated heterocycles. The number of nitrogens with zero attached hydrogens (tertiary/aromatic N) is 7. The van der Waals surface area contributed by atoms with Gasteiger partial charge in [0.25, 0.3) is 5.92 Å². The minimum atomic E-state index is -3.71. The van der Waals surface area contributed by atoms with Crippen LogP contribution < -0.4 is 14.5 Å². The van der Waals surface area contributed by atoms with Gasteiger partial charge in [0.1, 0.15) is 5.69 Å². The van der Waals surface area contributed by atoms with E-state index in [0.29, 0.717) is 33.9 Å². The fourth-order valence-corrected chi connectivity index (χ4v) is 6.48. The Morgan fingerprint density at radius 3 is 2.26 bits per heavy atom. The SMILES string of the molecule is O=S(=O)(CCO)Nc1ccc(-n2cc(-c3cc(CO)nc(N4CCC(F)(F)CC4)n3)nn2)c(N2CCC3(CC2)CC3)c1. The van der Waals surface area contributed by atoms with Crippen molar-refractivity contribution in [1.82, 2.24) is 25.0 Å². The molecule has 1 aliphatic carbocycles. The number of aliphatic hydroxyl groups is 2. The third-order valence-electron chi connectivity index (χ3n) is 8.44. The molecule has 0 radical (unpaired) electrons. The number of anilines is 3. The van der Waals surface area contributed by atoms with Gasteiger partial charge in [-0.25, -0.2) is 31.8 Å². The van der Waals surface area contributed by atoms with Crippen LogP contribution in [0.2, 0.25) is 0 Å². The highest BCUT2D eigenvalue weighted by Gasteiger charge is 2.44. The molecule has 42 heavy (non-hydrogen) atoms. The normalized spacial score (nSPS) is 19.7. The van der Waals surface area contributed by atoms with Gasteiger partial charge >= 0.3 is 0 Å². The van der Waals surface area contributed by atoms with Crippen LogP contribution in [0.3, 0.4) is 0 Å². The van der Waals surface area contributed by atoms with Crippen LogP contribution in [-0.4, -0.2) is 88.1 Å². The number of hydrogen-bond acceptors (Lipinski definition) is 10. The molecular weight excluding hydrogens is 570 g/mol. The van der Waals surface area contributed by atoms with Crippen LogP contribution in [0.1, 0.15) is 44.2 Å². The van der Waals surface area contributed by atoms with E-state index >= 15 is 0 Å². The first-order valence-electron chi connectivity index (χ1n) is 14.1. The quantitative estimate of drug-likeness (QED) is 0.333. The van der Waals surface area contributed by atoms with E-state index < -0.39 is 28.3 Å². The standard InChI is InChI=1S/C27H34F2N8O4S/c28-27(29)7-11-36(12-8-27)25-30-20(18-39)15-21(31-25)22-17-37(34-32-22)23-2-1-19(33-42(40,41)14-13-38)16-24(23)35-9-5-26(3-4-26)6-10-35/h1-2,15-17,33,38-39H,3-14,18H2. The summed E-state index contributed by atoms with van der Waals surface area (Å²) in [7, 11) is -3.71. The van der Waals surface area contributed by atoms with Crippen molar-refractivity contribution >= 4 is 27.3 Å². The molecular formula is C27H34F2N8O4S. The van der Waals surface area contributed by atoms with Gasteiger partial charge in [-0.1, -0.05) is 5.21 Å². The van der Waals surface area contributed by atoms with Crippen LogP contribution in [0.5, 0.6) is 0 Å². The Bertz CT molecular complexity index is 1540. The average Bonchev–Trinajstić information content (AvgIpc) is 3.52. The fourth-order valence-electron chi connectivity index (χ4n) is 5.65. The van der Waals surface area contributed by atoms with Crippen molar-refractivity contribution in [2.75, 3.05) is 53.1 Å². The zero-order valence-corrected chi connectivity index (χ0v) is 23.9. The molecule has 2 aliphatic heterocycles. The van der Waals surface area contributed by atoms with Gasteiger partial charge in [0.2, 0.25) is 16.0 Å². The highest BCUT2D eigenvalue weighted by molar-refractivity contribution is 7.92. The van der Waals surface area contributed by atoms with Crippen LogP contribution in [0.15, 0.2) is 30.5 Å². The Morgan fingerprint density at radius 1 is 0.881 bits per heavy atom. The summed E-state index contributed by atoms with van der Waals surface area (Å²) < 4.78 is 56.3. The number of hydrogen-bond donors (Lipinski definition) is 3. The summed E-state index contributed by atoms with van der Waals surface area (Å²) in [5, 5.41) is 27.6. The molecule has 3 aromatic rings. The average molecular weight is 605 g/mol. The lowest BCUT2D eigenvalue weighted by atomic mass is 9.93. The number of rotatable bonds is 9. The molecule has 1 aromatic carbocycles. The fraction of sp³-hybridized carbons (Fsp3) is 0.556. The predicted molar refractivity (Wildman–Crippen MR) is 152 cm³/mol. The molecule has 3 fully saturated rings. The molecule has 3 N–H and O–H groups in total. The van der Waals surface area contributed by atoms with Gasteiger partial charge < -0.3 is 20.0 Å². The van der Waals surface area contributed by atoms with Crippen LogP contribution in [0.4, 0.5) is 26.1 Å². The van der Waals surface area contributed by atoms with E-state index in [1.165, 1.54) is 12.8 Å². The molecule has 0 atom stereocenters. The van der Waals surface area contributed by atoms with Gasteiger partial charge in [0, 0.05) is 39.0 Å². The number of piperidine rings is 2. The smallest absolute Gasteiger partial charge is 0.251 e. The summed E-state index contributed by atoms with van der Waals surface area (Å²) in [6.07, 6.45) is 5.72. The van der Waals surface area contributed by atoms with E-state index in [2.05, 4.69) is 29.9 Å². The first-order chi connectivity index (χ1) is 20.1. The Morgan fingerprint density at radius 2 is 1.60 bits per heavy atom. The molecule has 6 rings (SSSR count). The largest absolute Gasteiger partial charge is 0.395 e. The first kappa shape index (κ1) is 28.7. The van der Waals surface area contributed by atoms with Crippen molar-refractivity contribution < 1.29 is 27.4 Å². The third-order valence-corrected chi connectivity index (χ3v) is 9.71. The number of aliphatic hydroxyl groups excluding tert-OH is 2. The van der Waals surface area contributed by atoms with E-state index in [1.54, 1.807) is 40.0 Å². The van der Waals surface area contributed by atoms with Gasteiger partial charge in [-0.05, 0) is 55.4 Å². The van der Waals surface area contributed by atoms with Gasteiger partial charge in [-0.15, -0.1) is 5.10 Å². The number of aromatic nitrogens is 5. The minimum Gasteiger partial charge on any atom is -0.395 e. The lowest BCUT2D eigenvalue weighted by molar-refractivity contribution is -0.0222. The van der Waals surface area contributed by atoms with E-state index in [1.807, 2.05) is 0 Å². The molecule has 0 unspecified atom stereocenters. The lowest BCUT2D eigenvalue weighted by Gasteiger charge is -2.35. The van der Waals surface area contributed by atoms with E-state index in [0.717, 1.165) is 31.6 Å². The topological polar surface area (TPSA) is 150 Å². The number of benzene rings is 1. The first-order valence-corrected chi connectivity index (χ1v) is 15.8. The zero-order valence-electron chi connectivity index (χ0n) is 23.1. The Kier molecular flexibility index (Phi) is 7.51. The monoisotopic (exact) mass is 604 g/mol. The van der Waals surface area contributed by atoms with E-state index in [9.17, 15) is 22.3 Å². The maximum absolute atomic E-state index is 13.7. The van der Waals surface area contributed by atoms with Crippen LogP contribution in [-0.2, 0) is 16.6 Å². The molecule has 4 heterocycles. The van der Waals surface area contributed by atoms with Crippen molar-refractivity contribution in [2.45, 2.75) is 51.1 Å². The maximum Gasteiger partial charge on any atom is 0.251 e. The highest BCUT2D eigenvalue weighted by Crippen LogP contribution is 2.54. The van der Waals surface area contributed by atoms with E-state index in [4.69, 9.17) is 5.11 Å². The predicted octanol–water partition coefficient (Wildman–Crippen LogP) is 2.57. The Labute approximate surface area is 242 Å². The Balaban J connectivity index is 1.31. The summed E-state index contributed by atoms with van der Waals surface area (Å²) in [6.45, 7) is 1.01. The Hall–Kier alpha value is -3.43. The van der Waals surface area contributed by atoms with Crippen LogP contribution in [0.25, 0.3) is 17.1 Å². The second-order valence-electron chi connectivity index (χ2n) is 11.4. The van der Waals surface area contributed by atoms with Crippen LogP contribution >= 0.6 is 0 Å². The molecule has 1 saturated carbocycles. The van der Waals surface area contributed by atoms with Gasteiger partial charge in [0.05, 0.1) is 53.6 Å². The number of halogens is 2. The van der Waals surface area contributed by atoms with E-state index in [-0.39, 0.29) is 38.5 Å². The van der Waals surface area contributed by atoms with Crippen molar-refractivity contribution in [3.63, 3.8) is 0 Å². The van der Waals surface area contributed by atoms with Crippen LogP contribution in [0, 0.1) is 5.41 Å². The van der Waals surface area contributed by atoms with Crippen molar-refractivity contribution in [1.29, 1.82) is 0 Å². The zero-order chi connectivity index (χ0) is 29.5. The molecule has 1 spiro atoms. The molecule has 226 valence electrons. The lowest BCUT2D eigenvalue weighted by Crippen LogP contribution is -2.40. The van der Waals surface area contributed by atoms with Gasteiger partial charge in [0.15, 0.2) is 0 Å². The molecule has 0 amide bonds. The minimum absolute atomic E-state index is 0.100.